The molecule has 1 rings (SSSR count). The molecule has 0 radical (unpaired) electrons. The van der Waals surface area contributed by atoms with Crippen LogP contribution in [0.15, 0.2) is 0 Å². The Morgan fingerprint density at radius 1 is 0.800 bits per heavy atom. The molecule has 1 aliphatic carbocycles. The van der Waals surface area contributed by atoms with Gasteiger partial charge in [-0.05, 0) is 12.3 Å². The smallest absolute Gasteiger partial charge is 0.119 e. The first-order valence-corrected chi connectivity index (χ1v) is 6.87. The summed E-state index contributed by atoms with van der Waals surface area (Å²) < 4.78 is 0. The van der Waals surface area contributed by atoms with E-state index in [0.717, 1.165) is 25.0 Å². The van der Waals surface area contributed by atoms with Crippen molar-refractivity contribution in [2.45, 2.75) is 77.0 Å². The van der Waals surface area contributed by atoms with Crippen LogP contribution in [0.25, 0.3) is 0 Å². The van der Waals surface area contributed by atoms with E-state index in [1.165, 1.54) is 64.2 Å². The zero-order valence-corrected chi connectivity index (χ0v) is 10.0. The molecule has 1 saturated carbocycles. The van der Waals surface area contributed by atoms with Crippen molar-refractivity contribution in [3.05, 3.63) is 0 Å². The lowest BCUT2D eigenvalue weighted by molar-refractivity contribution is -0.107. The van der Waals surface area contributed by atoms with Gasteiger partial charge in [-0.15, -0.1) is 0 Å². The Morgan fingerprint density at radius 2 is 1.33 bits per heavy atom. The molecule has 1 heteroatoms. The standard InChI is InChI=1S/C14H26O/c15-13-9-7-5-3-1-2-4-6-8-10-14-11-12-14/h13-14H,1-12H2. The van der Waals surface area contributed by atoms with Crippen molar-refractivity contribution in [2.24, 2.45) is 5.92 Å². The molecule has 15 heavy (non-hydrogen) atoms. The fraction of sp³-hybridized carbons (Fsp3) is 0.929. The van der Waals surface area contributed by atoms with Crippen molar-refractivity contribution in [2.75, 3.05) is 0 Å². The summed E-state index contributed by atoms with van der Waals surface area (Å²) >= 11 is 0. The third-order valence-corrected chi connectivity index (χ3v) is 3.38. The third-order valence-electron chi connectivity index (χ3n) is 3.38. The van der Waals surface area contributed by atoms with E-state index >= 15 is 0 Å². The Kier molecular flexibility index (Phi) is 7.59. The summed E-state index contributed by atoms with van der Waals surface area (Å²) in [5, 5.41) is 0. The fourth-order valence-electron chi connectivity index (χ4n) is 2.13. The molecule has 0 N–H and O–H groups in total. The Balaban J connectivity index is 1.63. The second kappa shape index (κ2) is 8.94. The van der Waals surface area contributed by atoms with Gasteiger partial charge in [0.1, 0.15) is 6.29 Å². The highest BCUT2D eigenvalue weighted by molar-refractivity contribution is 5.48. The molecule has 0 aromatic heterocycles. The maximum absolute atomic E-state index is 10.1. The van der Waals surface area contributed by atoms with Crippen molar-refractivity contribution in [3.63, 3.8) is 0 Å². The minimum Gasteiger partial charge on any atom is -0.303 e. The van der Waals surface area contributed by atoms with Crippen LogP contribution < -0.4 is 0 Å². The van der Waals surface area contributed by atoms with Crippen LogP contribution in [0.4, 0.5) is 0 Å². The lowest BCUT2D eigenvalue weighted by Gasteiger charge is -2.01. The van der Waals surface area contributed by atoms with Crippen molar-refractivity contribution in [1.29, 1.82) is 0 Å². The fourth-order valence-corrected chi connectivity index (χ4v) is 2.13. The van der Waals surface area contributed by atoms with Crippen LogP contribution >= 0.6 is 0 Å². The van der Waals surface area contributed by atoms with Crippen LogP contribution in [0.2, 0.25) is 0 Å². The van der Waals surface area contributed by atoms with Crippen LogP contribution in [-0.4, -0.2) is 6.29 Å². The predicted molar refractivity (Wildman–Crippen MR) is 65.0 cm³/mol. The molecule has 0 aromatic carbocycles. The third kappa shape index (κ3) is 8.65. The van der Waals surface area contributed by atoms with E-state index in [1.807, 2.05) is 0 Å². The summed E-state index contributed by atoms with van der Waals surface area (Å²) in [5.74, 6) is 1.12. The number of unbranched alkanes of at least 4 members (excludes halogenated alkanes) is 8. The van der Waals surface area contributed by atoms with Crippen LogP contribution in [-0.2, 0) is 4.79 Å². The molecule has 0 saturated heterocycles. The van der Waals surface area contributed by atoms with Gasteiger partial charge in [-0.1, -0.05) is 64.2 Å². The van der Waals surface area contributed by atoms with E-state index in [2.05, 4.69) is 0 Å². The van der Waals surface area contributed by atoms with Gasteiger partial charge in [0.25, 0.3) is 0 Å². The molecule has 0 heterocycles. The molecule has 88 valence electrons. The van der Waals surface area contributed by atoms with E-state index in [0.29, 0.717) is 0 Å². The van der Waals surface area contributed by atoms with Gasteiger partial charge in [0.05, 0.1) is 0 Å². The quantitative estimate of drug-likeness (QED) is 0.362. The molecular weight excluding hydrogens is 184 g/mol. The first-order valence-electron chi connectivity index (χ1n) is 6.87. The van der Waals surface area contributed by atoms with Crippen LogP contribution in [0.3, 0.4) is 0 Å². The number of hydrogen-bond acceptors (Lipinski definition) is 1. The second-order valence-electron chi connectivity index (χ2n) is 5.02. The summed E-state index contributed by atoms with van der Waals surface area (Å²) in [4.78, 5) is 10.1. The number of aldehydes is 1. The molecule has 1 aliphatic rings. The van der Waals surface area contributed by atoms with Gasteiger partial charge >= 0.3 is 0 Å². The average molecular weight is 210 g/mol. The summed E-state index contributed by atoms with van der Waals surface area (Å²) in [6, 6.07) is 0. The maximum Gasteiger partial charge on any atom is 0.119 e. The Bertz CT molecular complexity index is 149. The zero-order chi connectivity index (χ0) is 10.8. The van der Waals surface area contributed by atoms with Gasteiger partial charge in [0, 0.05) is 6.42 Å². The van der Waals surface area contributed by atoms with Gasteiger partial charge in [-0.3, -0.25) is 0 Å². The van der Waals surface area contributed by atoms with Crippen LogP contribution in [0.1, 0.15) is 77.0 Å². The van der Waals surface area contributed by atoms with E-state index in [-0.39, 0.29) is 0 Å². The summed E-state index contributed by atoms with van der Waals surface area (Å²) in [6.07, 6.45) is 17.1. The van der Waals surface area contributed by atoms with Gasteiger partial charge < -0.3 is 4.79 Å². The highest BCUT2D eigenvalue weighted by Gasteiger charge is 2.19. The van der Waals surface area contributed by atoms with Gasteiger partial charge in [-0.2, -0.15) is 0 Å². The molecule has 0 aliphatic heterocycles. The lowest BCUT2D eigenvalue weighted by Crippen LogP contribution is -1.83. The molecule has 0 atom stereocenters. The monoisotopic (exact) mass is 210 g/mol. The topological polar surface area (TPSA) is 17.1 Å². The SMILES string of the molecule is O=CCCCCCCCCCCC1CC1. The second-order valence-corrected chi connectivity index (χ2v) is 5.02. The molecule has 0 bridgehead atoms. The largest absolute Gasteiger partial charge is 0.303 e. The Hall–Kier alpha value is -0.330. The summed E-state index contributed by atoms with van der Waals surface area (Å²) in [6.45, 7) is 0. The van der Waals surface area contributed by atoms with Gasteiger partial charge in [0.15, 0.2) is 0 Å². The molecular formula is C14H26O. The molecule has 1 fully saturated rings. The Morgan fingerprint density at radius 3 is 1.87 bits per heavy atom. The number of carbonyl (C=O) groups excluding carboxylic acids is 1. The van der Waals surface area contributed by atoms with Crippen molar-refractivity contribution >= 4 is 6.29 Å². The average Bonchev–Trinajstić information content (AvgIpc) is 3.05. The highest BCUT2D eigenvalue weighted by atomic mass is 16.1. The van der Waals surface area contributed by atoms with Crippen molar-refractivity contribution in [1.82, 2.24) is 0 Å². The zero-order valence-electron chi connectivity index (χ0n) is 10.0. The molecule has 0 amide bonds. The number of carbonyl (C=O) groups is 1. The predicted octanol–water partition coefficient (Wildman–Crippen LogP) is 4.50. The Labute approximate surface area is 94.6 Å². The molecule has 0 aromatic rings. The van der Waals surface area contributed by atoms with Gasteiger partial charge in [0.2, 0.25) is 0 Å². The van der Waals surface area contributed by atoms with E-state index in [1.54, 1.807) is 0 Å². The summed E-state index contributed by atoms with van der Waals surface area (Å²) in [5.41, 5.74) is 0. The van der Waals surface area contributed by atoms with Crippen molar-refractivity contribution < 1.29 is 4.79 Å². The number of rotatable bonds is 11. The minimum atomic E-state index is 0.765. The number of hydrogen-bond donors (Lipinski definition) is 0. The van der Waals surface area contributed by atoms with E-state index in [4.69, 9.17) is 0 Å². The maximum atomic E-state index is 10.1. The molecule has 0 spiro atoms. The molecule has 1 nitrogen and oxygen atoms in total. The first kappa shape index (κ1) is 12.7. The normalized spacial score (nSPS) is 15.5. The van der Waals surface area contributed by atoms with Crippen molar-refractivity contribution in [3.8, 4) is 0 Å². The van der Waals surface area contributed by atoms with Gasteiger partial charge in [-0.25, -0.2) is 0 Å². The van der Waals surface area contributed by atoms with E-state index < -0.39 is 0 Å². The molecule has 0 unspecified atom stereocenters. The highest BCUT2D eigenvalue weighted by Crippen LogP contribution is 2.34. The first-order chi connectivity index (χ1) is 7.43. The summed E-state index contributed by atoms with van der Waals surface area (Å²) in [7, 11) is 0. The lowest BCUT2D eigenvalue weighted by atomic mass is 10.1. The van der Waals surface area contributed by atoms with E-state index in [9.17, 15) is 4.79 Å². The minimum absolute atomic E-state index is 0.765. The van der Waals surface area contributed by atoms with Crippen LogP contribution in [0, 0.1) is 5.92 Å². The van der Waals surface area contributed by atoms with Crippen LogP contribution in [0.5, 0.6) is 0 Å².